The molecule has 2 fully saturated rings. The Morgan fingerprint density at radius 2 is 1.73 bits per heavy atom. The van der Waals surface area contributed by atoms with E-state index in [2.05, 4.69) is 50.8 Å². The molecular formula is C27H41N3O2Si. The van der Waals surface area contributed by atoms with Crippen LogP contribution in [-0.4, -0.2) is 36.3 Å². The van der Waals surface area contributed by atoms with Gasteiger partial charge in [0, 0.05) is 32.4 Å². The van der Waals surface area contributed by atoms with Crippen molar-refractivity contribution in [2.24, 2.45) is 23.5 Å². The molecule has 6 heteroatoms. The summed E-state index contributed by atoms with van der Waals surface area (Å²) in [6.45, 7) is 12.5. The Morgan fingerprint density at radius 1 is 1.12 bits per heavy atom. The number of carbonyl (C=O) groups is 1. The van der Waals surface area contributed by atoms with Crippen molar-refractivity contribution in [1.82, 2.24) is 9.78 Å². The smallest absolute Gasteiger partial charge is 0.154 e. The van der Waals surface area contributed by atoms with Crippen LogP contribution in [0.3, 0.4) is 0 Å². The lowest BCUT2D eigenvalue weighted by Crippen LogP contribution is -2.41. The van der Waals surface area contributed by atoms with Gasteiger partial charge in [-0.1, -0.05) is 43.9 Å². The van der Waals surface area contributed by atoms with Crippen LogP contribution < -0.4 is 5.73 Å². The van der Waals surface area contributed by atoms with E-state index in [0.29, 0.717) is 30.9 Å². The maximum atomic E-state index is 12.9. The van der Waals surface area contributed by atoms with Crippen LogP contribution in [0, 0.1) is 31.6 Å². The lowest BCUT2D eigenvalue weighted by Gasteiger charge is -2.22. The number of rotatable bonds is 12. The van der Waals surface area contributed by atoms with Gasteiger partial charge in [0.05, 0.1) is 11.7 Å². The molecule has 2 aliphatic rings. The fourth-order valence-electron chi connectivity index (χ4n) is 5.03. The molecule has 4 rings (SSSR count). The normalized spacial score (nSPS) is 17.5. The maximum Gasteiger partial charge on any atom is 0.154 e. The molecule has 2 aromatic rings. The van der Waals surface area contributed by atoms with Crippen LogP contribution in [0.4, 0.5) is 0 Å². The molecule has 0 spiro atoms. The van der Waals surface area contributed by atoms with Gasteiger partial charge < -0.3 is 10.5 Å². The van der Waals surface area contributed by atoms with Crippen LogP contribution in [-0.2, 0) is 22.7 Å². The summed E-state index contributed by atoms with van der Waals surface area (Å²) in [7, 11) is -1.09. The summed E-state index contributed by atoms with van der Waals surface area (Å²) >= 11 is 0. The van der Waals surface area contributed by atoms with Gasteiger partial charge >= 0.3 is 0 Å². The number of ketones is 1. The number of Topliss-reactive ketones (excluding diaryl/α,β-unsaturated/α-hetero) is 1. The van der Waals surface area contributed by atoms with Gasteiger partial charge in [0.25, 0.3) is 0 Å². The van der Waals surface area contributed by atoms with Crippen LogP contribution >= 0.6 is 0 Å². The van der Waals surface area contributed by atoms with E-state index in [1.807, 2.05) is 11.6 Å². The van der Waals surface area contributed by atoms with Gasteiger partial charge in [-0.3, -0.25) is 4.79 Å². The van der Waals surface area contributed by atoms with E-state index in [-0.39, 0.29) is 11.8 Å². The van der Waals surface area contributed by atoms with Crippen molar-refractivity contribution in [3.63, 3.8) is 0 Å². The zero-order valence-corrected chi connectivity index (χ0v) is 22.1. The fraction of sp³-hybridized carbons (Fsp3) is 0.630. The molecule has 33 heavy (non-hydrogen) atoms. The van der Waals surface area contributed by atoms with E-state index >= 15 is 0 Å². The van der Waals surface area contributed by atoms with E-state index in [1.165, 1.54) is 25.7 Å². The van der Waals surface area contributed by atoms with E-state index < -0.39 is 8.07 Å². The SMILES string of the molecule is Cc1nn(COCC[Si](C)(C)C)c(C)c1-c1ccc(CC(=O)[C@@H](N)C(C2CC2)C2CC2)cc1. The van der Waals surface area contributed by atoms with E-state index in [9.17, 15) is 4.79 Å². The highest BCUT2D eigenvalue weighted by atomic mass is 28.3. The molecule has 0 radical (unpaired) electrons. The topological polar surface area (TPSA) is 70.1 Å². The van der Waals surface area contributed by atoms with Crippen LogP contribution in [0.2, 0.25) is 25.7 Å². The van der Waals surface area contributed by atoms with Gasteiger partial charge in [0.2, 0.25) is 0 Å². The number of aromatic nitrogens is 2. The van der Waals surface area contributed by atoms with E-state index in [4.69, 9.17) is 15.6 Å². The van der Waals surface area contributed by atoms with Crippen molar-refractivity contribution >= 4 is 13.9 Å². The second kappa shape index (κ2) is 9.85. The molecule has 180 valence electrons. The molecule has 0 saturated heterocycles. The molecule has 1 aromatic heterocycles. The quantitative estimate of drug-likeness (QED) is 0.337. The highest BCUT2D eigenvalue weighted by Crippen LogP contribution is 2.50. The van der Waals surface area contributed by atoms with Crippen molar-refractivity contribution in [3.05, 3.63) is 41.2 Å². The standard InChI is InChI=1S/C27H41N3O2Si/c1-18-25(19(2)30(29-18)17-32-14-15-33(3,4)5)21-8-6-20(7-9-21)16-24(31)27(28)26(22-10-11-22)23-12-13-23/h6-9,22-23,26-27H,10-17,28H2,1-5H3/t27-/m1/s1. The average Bonchev–Trinajstić information content (AvgIpc) is 3.67. The number of nitrogens with two attached hydrogens (primary N) is 1. The third-order valence-electron chi connectivity index (χ3n) is 7.33. The van der Waals surface area contributed by atoms with E-state index in [0.717, 1.165) is 40.7 Å². The highest BCUT2D eigenvalue weighted by molar-refractivity contribution is 6.76. The molecular weight excluding hydrogens is 426 g/mol. The zero-order chi connectivity index (χ0) is 23.8. The zero-order valence-electron chi connectivity index (χ0n) is 21.1. The minimum absolute atomic E-state index is 0.196. The molecule has 0 bridgehead atoms. The molecule has 2 N–H and O–H groups in total. The summed E-state index contributed by atoms with van der Waals surface area (Å²) in [6, 6.07) is 9.23. The predicted molar refractivity (Wildman–Crippen MR) is 137 cm³/mol. The van der Waals surface area contributed by atoms with Gasteiger partial charge in [0.1, 0.15) is 6.73 Å². The number of aryl methyl sites for hydroxylation is 1. The minimum Gasteiger partial charge on any atom is -0.360 e. The van der Waals surface area contributed by atoms with E-state index in [1.54, 1.807) is 0 Å². The molecule has 0 aliphatic heterocycles. The first kappa shape index (κ1) is 24.4. The third kappa shape index (κ3) is 6.22. The lowest BCUT2D eigenvalue weighted by atomic mass is 9.85. The van der Waals surface area contributed by atoms with Gasteiger partial charge in [-0.25, -0.2) is 4.68 Å². The maximum absolute atomic E-state index is 12.9. The summed E-state index contributed by atoms with van der Waals surface area (Å²) in [5.74, 6) is 2.00. The molecule has 0 amide bonds. The number of benzene rings is 1. The second-order valence-electron chi connectivity index (χ2n) is 11.5. The number of ether oxygens (including phenoxy) is 1. The Hall–Kier alpha value is -1.76. The van der Waals surface area contributed by atoms with Crippen molar-refractivity contribution in [3.8, 4) is 11.1 Å². The molecule has 5 nitrogen and oxygen atoms in total. The lowest BCUT2D eigenvalue weighted by molar-refractivity contribution is -0.121. The highest BCUT2D eigenvalue weighted by Gasteiger charge is 2.46. The van der Waals surface area contributed by atoms with Crippen molar-refractivity contribution < 1.29 is 9.53 Å². The third-order valence-corrected chi connectivity index (χ3v) is 9.04. The molecule has 1 heterocycles. The second-order valence-corrected chi connectivity index (χ2v) is 17.1. The first-order valence-corrected chi connectivity index (χ1v) is 16.3. The first-order chi connectivity index (χ1) is 15.6. The number of hydrogen-bond donors (Lipinski definition) is 1. The molecule has 1 aromatic carbocycles. The van der Waals surface area contributed by atoms with Crippen LogP contribution in [0.25, 0.3) is 11.1 Å². The Balaban J connectivity index is 1.37. The number of hydrogen-bond acceptors (Lipinski definition) is 4. The predicted octanol–water partition coefficient (Wildman–Crippen LogP) is 5.35. The fourth-order valence-corrected chi connectivity index (χ4v) is 5.78. The summed E-state index contributed by atoms with van der Waals surface area (Å²) in [4.78, 5) is 12.9. The summed E-state index contributed by atoms with van der Waals surface area (Å²) in [6.07, 6.45) is 5.46. The van der Waals surface area contributed by atoms with Crippen LogP contribution in [0.15, 0.2) is 24.3 Å². The summed E-state index contributed by atoms with van der Waals surface area (Å²) in [5.41, 5.74) is 11.9. The Bertz CT molecular complexity index is 956. The number of nitrogens with zero attached hydrogens (tertiary/aromatic N) is 2. The average molecular weight is 468 g/mol. The Morgan fingerprint density at radius 3 is 2.27 bits per heavy atom. The Labute approximate surface area is 200 Å². The van der Waals surface area contributed by atoms with Crippen LogP contribution in [0.1, 0.15) is 42.6 Å². The van der Waals surface area contributed by atoms with Crippen LogP contribution in [0.5, 0.6) is 0 Å². The van der Waals surface area contributed by atoms with Gasteiger partial charge in [-0.05, 0) is 74.5 Å². The first-order valence-electron chi connectivity index (χ1n) is 12.6. The monoisotopic (exact) mass is 467 g/mol. The molecule has 2 aliphatic carbocycles. The van der Waals surface area contributed by atoms with Crippen molar-refractivity contribution in [2.75, 3.05) is 6.61 Å². The summed E-state index contributed by atoms with van der Waals surface area (Å²) in [5, 5.41) is 4.71. The van der Waals surface area contributed by atoms with Crippen molar-refractivity contribution in [2.45, 2.75) is 84.4 Å². The summed E-state index contributed by atoms with van der Waals surface area (Å²) < 4.78 is 7.87. The van der Waals surface area contributed by atoms with Crippen molar-refractivity contribution in [1.29, 1.82) is 0 Å². The molecule has 2 saturated carbocycles. The molecule has 1 atom stereocenters. The van der Waals surface area contributed by atoms with Gasteiger partial charge in [0.15, 0.2) is 5.78 Å². The largest absolute Gasteiger partial charge is 0.360 e. The van der Waals surface area contributed by atoms with Gasteiger partial charge in [-0.15, -0.1) is 0 Å². The minimum atomic E-state index is -1.09. The number of carbonyl (C=O) groups excluding carboxylic acids is 1. The van der Waals surface area contributed by atoms with Gasteiger partial charge in [-0.2, -0.15) is 5.10 Å². The Kier molecular flexibility index (Phi) is 7.27. The molecule has 0 unspecified atom stereocenters.